The van der Waals surface area contributed by atoms with E-state index in [-0.39, 0.29) is 0 Å². The number of nitrogens with two attached hydrogens (primary N) is 1. The van der Waals surface area contributed by atoms with Crippen LogP contribution in [0.5, 0.6) is 0 Å². The van der Waals surface area contributed by atoms with Crippen LogP contribution in [-0.2, 0) is 0 Å². The van der Waals surface area contributed by atoms with Gasteiger partial charge in [-0.3, -0.25) is 0 Å². The number of hydrogen-bond donors (Lipinski definition) is 1. The number of fused-ring (bicyclic) bond motifs is 1. The van der Waals surface area contributed by atoms with Gasteiger partial charge >= 0.3 is 0 Å². The van der Waals surface area contributed by atoms with Crippen molar-refractivity contribution in [2.24, 2.45) is 23.5 Å². The summed E-state index contributed by atoms with van der Waals surface area (Å²) in [5, 5.41) is 0. The summed E-state index contributed by atoms with van der Waals surface area (Å²) in [4.78, 5) is 0. The summed E-state index contributed by atoms with van der Waals surface area (Å²) in [6, 6.07) is 0. The molecule has 0 radical (unpaired) electrons. The molecule has 2 aliphatic carbocycles. The normalized spacial score (nSPS) is 45.9. The molecule has 0 aromatic heterocycles. The maximum Gasteiger partial charge on any atom is -0.00460 e. The molecular formula is C9H17N. The molecule has 3 atom stereocenters. The van der Waals surface area contributed by atoms with E-state index in [0.29, 0.717) is 0 Å². The molecule has 10 heavy (non-hydrogen) atoms. The molecule has 1 unspecified atom stereocenters. The van der Waals surface area contributed by atoms with Crippen molar-refractivity contribution >= 4 is 0 Å². The van der Waals surface area contributed by atoms with Gasteiger partial charge in [0.1, 0.15) is 0 Å². The minimum Gasteiger partial charge on any atom is -0.330 e. The molecule has 0 spiro atoms. The van der Waals surface area contributed by atoms with E-state index in [1.165, 1.54) is 32.1 Å². The van der Waals surface area contributed by atoms with Crippen LogP contribution in [0, 0.1) is 17.8 Å². The lowest BCUT2D eigenvalue weighted by Gasteiger charge is -2.47. The Bertz CT molecular complexity index is 118. The van der Waals surface area contributed by atoms with Gasteiger partial charge in [-0.05, 0) is 37.1 Å². The van der Waals surface area contributed by atoms with Crippen molar-refractivity contribution < 1.29 is 0 Å². The Labute approximate surface area is 63.0 Å². The Morgan fingerprint density at radius 2 is 2.00 bits per heavy atom. The monoisotopic (exact) mass is 139 g/mol. The largest absolute Gasteiger partial charge is 0.330 e. The summed E-state index contributed by atoms with van der Waals surface area (Å²) in [5.41, 5.74) is 5.64. The first-order chi connectivity index (χ1) is 4.92. The summed E-state index contributed by atoms with van der Waals surface area (Å²) >= 11 is 0. The van der Waals surface area contributed by atoms with Crippen LogP contribution in [0.15, 0.2) is 0 Å². The lowest BCUT2D eigenvalue weighted by Crippen LogP contribution is -2.42. The summed E-state index contributed by atoms with van der Waals surface area (Å²) < 4.78 is 0. The second kappa shape index (κ2) is 2.54. The summed E-state index contributed by atoms with van der Waals surface area (Å²) in [5.74, 6) is 3.03. The predicted molar refractivity (Wildman–Crippen MR) is 42.6 cm³/mol. The molecule has 2 aliphatic rings. The van der Waals surface area contributed by atoms with Gasteiger partial charge in [-0.25, -0.2) is 0 Å². The van der Waals surface area contributed by atoms with Crippen molar-refractivity contribution in [2.45, 2.75) is 32.1 Å². The first-order valence-corrected chi connectivity index (χ1v) is 4.62. The fourth-order valence-electron chi connectivity index (χ4n) is 2.79. The van der Waals surface area contributed by atoms with Crippen LogP contribution in [0.1, 0.15) is 32.1 Å². The molecule has 1 nitrogen and oxygen atoms in total. The van der Waals surface area contributed by atoms with Crippen molar-refractivity contribution in [1.29, 1.82) is 0 Å². The van der Waals surface area contributed by atoms with Crippen LogP contribution in [0.2, 0.25) is 0 Å². The van der Waals surface area contributed by atoms with E-state index in [9.17, 15) is 0 Å². The Hall–Kier alpha value is -0.0400. The number of hydrogen-bond acceptors (Lipinski definition) is 1. The lowest BCUT2D eigenvalue weighted by molar-refractivity contribution is 0.0355. The smallest absolute Gasteiger partial charge is 0.00460 e. The molecule has 2 N–H and O–H groups in total. The summed E-state index contributed by atoms with van der Waals surface area (Å²) in [6.07, 6.45) is 7.38. The molecule has 0 aliphatic heterocycles. The fraction of sp³-hybridized carbons (Fsp3) is 1.00. The van der Waals surface area contributed by atoms with Crippen molar-refractivity contribution in [3.8, 4) is 0 Å². The first kappa shape index (κ1) is 6.66. The molecule has 2 fully saturated rings. The van der Waals surface area contributed by atoms with Gasteiger partial charge < -0.3 is 5.73 Å². The maximum absolute atomic E-state index is 5.64. The molecule has 0 amide bonds. The lowest BCUT2D eigenvalue weighted by atomic mass is 9.59. The molecule has 0 aromatic carbocycles. The van der Waals surface area contributed by atoms with E-state index >= 15 is 0 Å². The highest BCUT2D eigenvalue weighted by atomic mass is 14.6. The third-order valence-electron chi connectivity index (χ3n) is 3.48. The van der Waals surface area contributed by atoms with E-state index in [2.05, 4.69) is 0 Å². The molecule has 0 heterocycles. The molecule has 2 rings (SSSR count). The average molecular weight is 139 g/mol. The summed E-state index contributed by atoms with van der Waals surface area (Å²) in [6.45, 7) is 0.946. The summed E-state index contributed by atoms with van der Waals surface area (Å²) in [7, 11) is 0. The predicted octanol–water partition coefficient (Wildman–Crippen LogP) is 1.77. The van der Waals surface area contributed by atoms with Gasteiger partial charge in [0.2, 0.25) is 0 Å². The molecule has 1 heteroatoms. The minimum atomic E-state index is 0.908. The second-order valence-electron chi connectivity index (χ2n) is 3.94. The highest BCUT2D eigenvalue weighted by Gasteiger charge is 2.40. The molecule has 0 saturated heterocycles. The van der Waals surface area contributed by atoms with Gasteiger partial charge in [-0.15, -0.1) is 0 Å². The van der Waals surface area contributed by atoms with Crippen LogP contribution in [0.4, 0.5) is 0 Å². The zero-order chi connectivity index (χ0) is 6.97. The van der Waals surface area contributed by atoms with Crippen molar-refractivity contribution in [2.75, 3.05) is 6.54 Å². The Morgan fingerprint density at radius 1 is 1.20 bits per heavy atom. The van der Waals surface area contributed by atoms with Crippen LogP contribution in [0.25, 0.3) is 0 Å². The van der Waals surface area contributed by atoms with E-state index in [4.69, 9.17) is 5.73 Å². The van der Waals surface area contributed by atoms with Crippen molar-refractivity contribution in [3.05, 3.63) is 0 Å². The van der Waals surface area contributed by atoms with Gasteiger partial charge in [0.15, 0.2) is 0 Å². The first-order valence-electron chi connectivity index (χ1n) is 4.62. The average Bonchev–Trinajstić information content (AvgIpc) is 1.92. The van der Waals surface area contributed by atoms with E-state index in [1.807, 2.05) is 0 Å². The molecule has 0 bridgehead atoms. The number of rotatable bonds is 1. The standard InChI is InChI=1S/C9H17N/c10-6-8-5-7-3-1-2-4-9(7)8/h7-9H,1-6,10H2/t7-,8-,9?/m0/s1. The van der Waals surface area contributed by atoms with Crippen molar-refractivity contribution in [1.82, 2.24) is 0 Å². The van der Waals surface area contributed by atoms with Crippen molar-refractivity contribution in [3.63, 3.8) is 0 Å². The molecule has 2 saturated carbocycles. The molecular weight excluding hydrogens is 122 g/mol. The van der Waals surface area contributed by atoms with Crippen LogP contribution in [0.3, 0.4) is 0 Å². The maximum atomic E-state index is 5.64. The van der Waals surface area contributed by atoms with E-state index in [1.54, 1.807) is 0 Å². The van der Waals surface area contributed by atoms with Gasteiger partial charge in [0.25, 0.3) is 0 Å². The fourth-order valence-corrected chi connectivity index (χ4v) is 2.79. The Morgan fingerprint density at radius 3 is 2.70 bits per heavy atom. The van der Waals surface area contributed by atoms with Gasteiger partial charge in [0.05, 0.1) is 0 Å². The Kier molecular flexibility index (Phi) is 1.69. The molecule has 58 valence electrons. The highest BCUT2D eigenvalue weighted by Crippen LogP contribution is 2.48. The SMILES string of the molecule is NC[C@@H]1C[C@@H]2CCCCC12. The second-order valence-corrected chi connectivity index (χ2v) is 3.94. The quantitative estimate of drug-likeness (QED) is 0.588. The van der Waals surface area contributed by atoms with Crippen LogP contribution >= 0.6 is 0 Å². The van der Waals surface area contributed by atoms with Gasteiger partial charge in [0, 0.05) is 0 Å². The van der Waals surface area contributed by atoms with Crippen LogP contribution < -0.4 is 5.73 Å². The third-order valence-corrected chi connectivity index (χ3v) is 3.48. The van der Waals surface area contributed by atoms with Gasteiger partial charge in [-0.2, -0.15) is 0 Å². The van der Waals surface area contributed by atoms with E-state index < -0.39 is 0 Å². The third kappa shape index (κ3) is 0.878. The highest BCUT2D eigenvalue weighted by molar-refractivity contribution is 4.91. The zero-order valence-electron chi connectivity index (χ0n) is 6.55. The molecule has 0 aromatic rings. The Balaban J connectivity index is 1.89. The van der Waals surface area contributed by atoms with Crippen LogP contribution in [-0.4, -0.2) is 6.54 Å². The topological polar surface area (TPSA) is 26.0 Å². The zero-order valence-corrected chi connectivity index (χ0v) is 6.55. The minimum absolute atomic E-state index is 0.908. The van der Waals surface area contributed by atoms with Gasteiger partial charge in [-0.1, -0.05) is 19.3 Å². The van der Waals surface area contributed by atoms with E-state index in [0.717, 1.165) is 24.3 Å².